The molecule has 29 heavy (non-hydrogen) atoms. The van der Waals surface area contributed by atoms with Gasteiger partial charge < -0.3 is 20.2 Å². The minimum absolute atomic E-state index is 0.0213. The molecule has 8 nitrogen and oxygen atoms in total. The predicted octanol–water partition coefficient (Wildman–Crippen LogP) is 1.49. The molecule has 2 fully saturated rings. The van der Waals surface area contributed by atoms with Crippen molar-refractivity contribution in [2.75, 3.05) is 32.7 Å². The summed E-state index contributed by atoms with van der Waals surface area (Å²) in [6.07, 6.45) is 3.88. The molecule has 3 N–H and O–H groups in total. The van der Waals surface area contributed by atoms with Crippen LogP contribution in [0, 0.1) is 0 Å². The van der Waals surface area contributed by atoms with Crippen LogP contribution < -0.4 is 5.32 Å². The maximum atomic E-state index is 12.8. The molecule has 2 aliphatic rings. The van der Waals surface area contributed by atoms with Crippen LogP contribution in [0.15, 0.2) is 6.07 Å². The molecule has 3 heterocycles. The summed E-state index contributed by atoms with van der Waals surface area (Å²) in [6, 6.07) is 2.08. The fraction of sp³-hybridized carbons (Fsp3) is 0.762. The molecular weight excluding hydrogens is 370 g/mol. The molecule has 1 aromatic rings. The monoisotopic (exact) mass is 405 g/mol. The molecular formula is C21H35N5O3. The lowest BCUT2D eigenvalue weighted by Crippen LogP contribution is -2.50. The van der Waals surface area contributed by atoms with Gasteiger partial charge in [-0.2, -0.15) is 5.10 Å². The molecule has 0 aromatic carbocycles. The van der Waals surface area contributed by atoms with Crippen molar-refractivity contribution < 1.29 is 14.7 Å². The first-order valence-corrected chi connectivity index (χ1v) is 10.8. The summed E-state index contributed by atoms with van der Waals surface area (Å²) < 4.78 is 0. The van der Waals surface area contributed by atoms with Gasteiger partial charge in [0.15, 0.2) is 0 Å². The number of piperidine rings is 1. The van der Waals surface area contributed by atoms with Crippen LogP contribution in [0.5, 0.6) is 0 Å². The molecule has 0 aliphatic carbocycles. The molecule has 162 valence electrons. The molecule has 8 heteroatoms. The fourth-order valence-electron chi connectivity index (χ4n) is 4.38. The fourth-order valence-corrected chi connectivity index (χ4v) is 4.38. The van der Waals surface area contributed by atoms with Gasteiger partial charge >= 0.3 is 0 Å². The molecule has 2 amide bonds. The maximum Gasteiger partial charge on any atom is 0.274 e. The molecule has 3 rings (SSSR count). The maximum absolute atomic E-state index is 12.8. The van der Waals surface area contributed by atoms with Crippen LogP contribution >= 0.6 is 0 Å². The number of carbonyl (C=O) groups excluding carboxylic acids is 2. The zero-order chi connectivity index (χ0) is 21.0. The van der Waals surface area contributed by atoms with Crippen LogP contribution in [-0.2, 0) is 4.79 Å². The van der Waals surface area contributed by atoms with Gasteiger partial charge in [0.2, 0.25) is 5.91 Å². The Morgan fingerprint density at radius 1 is 1.28 bits per heavy atom. The molecule has 0 bridgehead atoms. The number of likely N-dealkylation sites (tertiary alicyclic amines) is 2. The van der Waals surface area contributed by atoms with Crippen LogP contribution in [0.25, 0.3) is 0 Å². The van der Waals surface area contributed by atoms with Crippen LogP contribution in [0.1, 0.15) is 75.0 Å². The zero-order valence-electron chi connectivity index (χ0n) is 17.9. The van der Waals surface area contributed by atoms with Gasteiger partial charge in [-0.15, -0.1) is 0 Å². The Bertz CT molecular complexity index is 711. The number of β-amino-alcohol motifs (C(OH)–C–C–N with tert-alkyl or cyclic N) is 1. The van der Waals surface area contributed by atoms with E-state index in [4.69, 9.17) is 0 Å². The second-order valence-electron chi connectivity index (χ2n) is 8.98. The molecule has 0 radical (unpaired) electrons. The SMILES string of the molecule is CC(=O)NC1CCN(C[C@@]2(O)CCCN(C(=O)c3cc(C(C)C)[nH]n3)CC2)CC1. The number of nitrogens with one attached hydrogen (secondary N) is 2. The number of aliphatic hydroxyl groups is 1. The number of aromatic amines is 1. The quantitative estimate of drug-likeness (QED) is 0.689. The van der Waals surface area contributed by atoms with E-state index in [9.17, 15) is 14.7 Å². The van der Waals surface area contributed by atoms with E-state index in [1.807, 2.05) is 11.0 Å². The number of amides is 2. The summed E-state index contributed by atoms with van der Waals surface area (Å²) in [6.45, 7) is 9.25. The van der Waals surface area contributed by atoms with Crippen LogP contribution in [0.3, 0.4) is 0 Å². The van der Waals surface area contributed by atoms with Crippen LogP contribution in [-0.4, -0.2) is 81.3 Å². The normalized spacial score (nSPS) is 24.5. The second-order valence-corrected chi connectivity index (χ2v) is 8.98. The average Bonchev–Trinajstić information content (AvgIpc) is 3.08. The molecule has 0 saturated carbocycles. The van der Waals surface area contributed by atoms with E-state index in [0.29, 0.717) is 44.1 Å². The lowest BCUT2D eigenvalue weighted by atomic mass is 9.93. The Hall–Kier alpha value is -1.93. The van der Waals surface area contributed by atoms with Gasteiger partial charge in [-0.05, 0) is 44.1 Å². The number of hydrogen-bond acceptors (Lipinski definition) is 5. The van der Waals surface area contributed by atoms with E-state index in [1.165, 1.54) is 0 Å². The molecule has 0 unspecified atom stereocenters. The first kappa shape index (κ1) is 21.8. The summed E-state index contributed by atoms with van der Waals surface area (Å²) in [5.41, 5.74) is 0.645. The highest BCUT2D eigenvalue weighted by Crippen LogP contribution is 2.26. The first-order chi connectivity index (χ1) is 13.8. The summed E-state index contributed by atoms with van der Waals surface area (Å²) >= 11 is 0. The third-order valence-electron chi connectivity index (χ3n) is 6.16. The van der Waals surface area contributed by atoms with E-state index >= 15 is 0 Å². The zero-order valence-corrected chi connectivity index (χ0v) is 17.9. The van der Waals surface area contributed by atoms with Gasteiger partial charge in [-0.25, -0.2) is 0 Å². The van der Waals surface area contributed by atoms with Crippen LogP contribution in [0.2, 0.25) is 0 Å². The van der Waals surface area contributed by atoms with E-state index in [1.54, 1.807) is 6.92 Å². The third kappa shape index (κ3) is 5.79. The van der Waals surface area contributed by atoms with Crippen molar-refractivity contribution in [2.24, 2.45) is 0 Å². The highest BCUT2D eigenvalue weighted by molar-refractivity contribution is 5.92. The summed E-state index contributed by atoms with van der Waals surface area (Å²) in [4.78, 5) is 28.2. The topological polar surface area (TPSA) is 102 Å². The summed E-state index contributed by atoms with van der Waals surface area (Å²) in [5, 5.41) is 21.3. The molecule has 1 atom stereocenters. The molecule has 1 aromatic heterocycles. The molecule has 2 saturated heterocycles. The van der Waals surface area contributed by atoms with Crippen molar-refractivity contribution in [3.05, 3.63) is 17.5 Å². The van der Waals surface area contributed by atoms with Gasteiger partial charge in [-0.1, -0.05) is 13.8 Å². The second kappa shape index (κ2) is 9.26. The lowest BCUT2D eigenvalue weighted by molar-refractivity contribution is -0.120. The van der Waals surface area contributed by atoms with Gasteiger partial charge in [0.1, 0.15) is 5.69 Å². The van der Waals surface area contributed by atoms with E-state index in [2.05, 4.69) is 34.3 Å². The first-order valence-electron chi connectivity index (χ1n) is 10.8. The Morgan fingerprint density at radius 2 is 2.00 bits per heavy atom. The molecule has 2 aliphatic heterocycles. The lowest BCUT2D eigenvalue weighted by Gasteiger charge is -2.38. The van der Waals surface area contributed by atoms with Gasteiger partial charge in [0.05, 0.1) is 5.60 Å². The Balaban J connectivity index is 1.52. The minimum atomic E-state index is -0.773. The highest BCUT2D eigenvalue weighted by atomic mass is 16.3. The predicted molar refractivity (Wildman–Crippen MR) is 111 cm³/mol. The van der Waals surface area contributed by atoms with Crippen LogP contribution in [0.4, 0.5) is 0 Å². The summed E-state index contributed by atoms with van der Waals surface area (Å²) in [5.74, 6) is 0.259. The summed E-state index contributed by atoms with van der Waals surface area (Å²) in [7, 11) is 0. The number of hydrogen-bond donors (Lipinski definition) is 3. The number of rotatable bonds is 5. The minimum Gasteiger partial charge on any atom is -0.388 e. The van der Waals surface area contributed by atoms with Gasteiger partial charge in [0.25, 0.3) is 5.91 Å². The van der Waals surface area contributed by atoms with Crippen molar-refractivity contribution in [1.29, 1.82) is 0 Å². The van der Waals surface area contributed by atoms with E-state index < -0.39 is 5.60 Å². The highest BCUT2D eigenvalue weighted by Gasteiger charge is 2.35. The Morgan fingerprint density at radius 3 is 2.62 bits per heavy atom. The van der Waals surface area contributed by atoms with Crippen molar-refractivity contribution in [3.63, 3.8) is 0 Å². The van der Waals surface area contributed by atoms with Crippen molar-refractivity contribution in [1.82, 2.24) is 25.3 Å². The van der Waals surface area contributed by atoms with Gasteiger partial charge in [-0.3, -0.25) is 14.7 Å². The van der Waals surface area contributed by atoms with Crippen molar-refractivity contribution in [3.8, 4) is 0 Å². The van der Waals surface area contributed by atoms with E-state index in [0.717, 1.165) is 38.0 Å². The smallest absolute Gasteiger partial charge is 0.274 e. The number of H-pyrrole nitrogens is 1. The number of carbonyl (C=O) groups is 2. The Labute approximate surface area is 173 Å². The Kier molecular flexibility index (Phi) is 6.95. The van der Waals surface area contributed by atoms with Crippen molar-refractivity contribution >= 4 is 11.8 Å². The van der Waals surface area contributed by atoms with Gasteiger partial charge in [0, 0.05) is 51.4 Å². The number of aromatic nitrogens is 2. The largest absolute Gasteiger partial charge is 0.388 e. The van der Waals surface area contributed by atoms with E-state index in [-0.39, 0.29) is 17.9 Å². The average molecular weight is 406 g/mol. The number of nitrogens with zero attached hydrogens (tertiary/aromatic N) is 3. The van der Waals surface area contributed by atoms with Crippen molar-refractivity contribution in [2.45, 2.75) is 70.4 Å². The molecule has 0 spiro atoms. The standard InChI is InChI=1S/C21H35N5O3/c1-15(2)18-13-19(24-23-18)20(28)26-9-4-7-21(29,8-12-26)14-25-10-5-17(6-11-25)22-16(3)27/h13,15,17,29H,4-12,14H2,1-3H3,(H,22,27)(H,23,24)/t21-/m1/s1. The third-order valence-corrected chi connectivity index (χ3v) is 6.16.